The van der Waals surface area contributed by atoms with Gasteiger partial charge in [-0.05, 0) is 33.6 Å². The van der Waals surface area contributed by atoms with Crippen molar-refractivity contribution in [2.24, 2.45) is 0 Å². The molecule has 1 heterocycles. The average Bonchev–Trinajstić information content (AvgIpc) is 3.09. The maximum absolute atomic E-state index is 12.8. The first-order valence-electron chi connectivity index (χ1n) is 7.17. The van der Waals surface area contributed by atoms with Crippen molar-refractivity contribution < 1.29 is 8.42 Å². The first kappa shape index (κ1) is 15.5. The molecular formula is C13H24N4O2S. The topological polar surface area (TPSA) is 78.1 Å². The molecule has 2 N–H and O–H groups in total. The highest BCUT2D eigenvalue weighted by Crippen LogP contribution is 2.25. The molecule has 0 aromatic carbocycles. The Morgan fingerprint density at radius 1 is 1.45 bits per heavy atom. The van der Waals surface area contributed by atoms with Gasteiger partial charge in [-0.1, -0.05) is 6.92 Å². The van der Waals surface area contributed by atoms with E-state index in [0.29, 0.717) is 35.4 Å². The molecule has 1 aromatic heterocycles. The van der Waals surface area contributed by atoms with Crippen molar-refractivity contribution >= 4 is 10.0 Å². The standard InChI is InChI=1S/C13H24N4O2S/c1-5-17(9(2)3)20(18,19)13-10(4)15-16-12(13)8-14-11-6-7-11/h9,11,14H,5-8H2,1-4H3,(H,15,16). The third kappa shape index (κ3) is 3.05. The van der Waals surface area contributed by atoms with Crippen LogP contribution in [0, 0.1) is 6.92 Å². The molecule has 2 rings (SSSR count). The van der Waals surface area contributed by atoms with Crippen molar-refractivity contribution in [2.45, 2.75) is 64.1 Å². The van der Waals surface area contributed by atoms with Crippen LogP contribution in [0.25, 0.3) is 0 Å². The molecule has 0 spiro atoms. The monoisotopic (exact) mass is 300 g/mol. The third-order valence-corrected chi connectivity index (χ3v) is 5.91. The Kier molecular flexibility index (Phi) is 4.51. The lowest BCUT2D eigenvalue weighted by Gasteiger charge is -2.24. The molecule has 1 aliphatic rings. The molecule has 1 aliphatic carbocycles. The van der Waals surface area contributed by atoms with Gasteiger partial charge in [-0.2, -0.15) is 9.40 Å². The second-order valence-corrected chi connectivity index (χ2v) is 7.41. The zero-order chi connectivity index (χ0) is 14.9. The lowest BCUT2D eigenvalue weighted by atomic mass is 10.3. The Balaban J connectivity index is 2.31. The summed E-state index contributed by atoms with van der Waals surface area (Å²) in [7, 11) is -3.50. The molecule has 1 saturated carbocycles. The summed E-state index contributed by atoms with van der Waals surface area (Å²) in [5.41, 5.74) is 1.20. The van der Waals surface area contributed by atoms with E-state index in [1.54, 1.807) is 6.92 Å². The number of sulfonamides is 1. The van der Waals surface area contributed by atoms with E-state index in [-0.39, 0.29) is 6.04 Å². The van der Waals surface area contributed by atoms with Gasteiger partial charge in [-0.3, -0.25) is 5.10 Å². The number of aryl methyl sites for hydroxylation is 1. The summed E-state index contributed by atoms with van der Waals surface area (Å²) < 4.78 is 27.1. The van der Waals surface area contributed by atoms with Gasteiger partial charge < -0.3 is 5.32 Å². The zero-order valence-electron chi connectivity index (χ0n) is 12.6. The Hall–Kier alpha value is -0.920. The summed E-state index contributed by atoms with van der Waals surface area (Å²) in [5.74, 6) is 0. The van der Waals surface area contributed by atoms with Crippen molar-refractivity contribution in [2.75, 3.05) is 6.54 Å². The van der Waals surface area contributed by atoms with E-state index in [2.05, 4.69) is 15.5 Å². The number of hydrogen-bond acceptors (Lipinski definition) is 4. The number of H-pyrrole nitrogens is 1. The molecule has 0 unspecified atom stereocenters. The van der Waals surface area contributed by atoms with Crippen LogP contribution in [0.1, 0.15) is 45.0 Å². The van der Waals surface area contributed by atoms with Crippen molar-refractivity contribution in [3.63, 3.8) is 0 Å². The molecule has 6 nitrogen and oxygen atoms in total. The minimum Gasteiger partial charge on any atom is -0.308 e. The van der Waals surface area contributed by atoms with E-state index in [1.165, 1.54) is 17.1 Å². The number of nitrogens with zero attached hydrogens (tertiary/aromatic N) is 2. The molecule has 0 radical (unpaired) electrons. The van der Waals surface area contributed by atoms with Gasteiger partial charge in [0.05, 0.1) is 11.4 Å². The smallest absolute Gasteiger partial charge is 0.247 e. The minimum atomic E-state index is -3.50. The number of hydrogen-bond donors (Lipinski definition) is 2. The van der Waals surface area contributed by atoms with Crippen molar-refractivity contribution in [1.29, 1.82) is 0 Å². The number of aromatic amines is 1. The van der Waals surface area contributed by atoms with E-state index < -0.39 is 10.0 Å². The van der Waals surface area contributed by atoms with E-state index in [4.69, 9.17) is 0 Å². The van der Waals surface area contributed by atoms with E-state index >= 15 is 0 Å². The van der Waals surface area contributed by atoms with Gasteiger partial charge in [0.2, 0.25) is 10.0 Å². The van der Waals surface area contributed by atoms with Crippen LogP contribution in [0.2, 0.25) is 0 Å². The van der Waals surface area contributed by atoms with E-state index in [0.717, 1.165) is 0 Å². The zero-order valence-corrected chi connectivity index (χ0v) is 13.4. The van der Waals surface area contributed by atoms with Gasteiger partial charge in [0, 0.05) is 25.2 Å². The van der Waals surface area contributed by atoms with Crippen LogP contribution in [0.4, 0.5) is 0 Å². The van der Waals surface area contributed by atoms with Gasteiger partial charge in [0.15, 0.2) is 0 Å². The van der Waals surface area contributed by atoms with Crippen LogP contribution in [-0.4, -0.2) is 41.5 Å². The summed E-state index contributed by atoms with van der Waals surface area (Å²) in [6.07, 6.45) is 2.33. The third-order valence-electron chi connectivity index (χ3n) is 3.55. The van der Waals surface area contributed by atoms with Crippen LogP contribution in [0.5, 0.6) is 0 Å². The Morgan fingerprint density at radius 2 is 2.10 bits per heavy atom. The van der Waals surface area contributed by atoms with Crippen molar-refractivity contribution in [1.82, 2.24) is 19.8 Å². The van der Waals surface area contributed by atoms with Crippen LogP contribution >= 0.6 is 0 Å². The Morgan fingerprint density at radius 3 is 2.60 bits per heavy atom. The van der Waals surface area contributed by atoms with Crippen molar-refractivity contribution in [3.05, 3.63) is 11.4 Å². The maximum atomic E-state index is 12.8. The maximum Gasteiger partial charge on any atom is 0.247 e. The molecule has 20 heavy (non-hydrogen) atoms. The minimum absolute atomic E-state index is 0.0662. The van der Waals surface area contributed by atoms with Gasteiger partial charge in [-0.15, -0.1) is 0 Å². The average molecular weight is 300 g/mol. The lowest BCUT2D eigenvalue weighted by Crippen LogP contribution is -2.37. The molecule has 114 valence electrons. The van der Waals surface area contributed by atoms with Gasteiger partial charge in [0.1, 0.15) is 4.90 Å². The van der Waals surface area contributed by atoms with Gasteiger partial charge in [-0.25, -0.2) is 8.42 Å². The molecule has 0 saturated heterocycles. The number of nitrogens with one attached hydrogen (secondary N) is 2. The van der Waals surface area contributed by atoms with Crippen LogP contribution in [-0.2, 0) is 16.6 Å². The van der Waals surface area contributed by atoms with Crippen molar-refractivity contribution in [3.8, 4) is 0 Å². The first-order valence-corrected chi connectivity index (χ1v) is 8.61. The van der Waals surface area contributed by atoms with Crippen LogP contribution in [0.3, 0.4) is 0 Å². The molecule has 0 amide bonds. The Labute approximate surface area is 121 Å². The van der Waals surface area contributed by atoms with E-state index in [9.17, 15) is 8.42 Å². The summed E-state index contributed by atoms with van der Waals surface area (Å²) in [6.45, 7) is 8.35. The van der Waals surface area contributed by atoms with Crippen LogP contribution in [0.15, 0.2) is 4.90 Å². The van der Waals surface area contributed by atoms with Gasteiger partial charge >= 0.3 is 0 Å². The SMILES string of the molecule is CCN(C(C)C)S(=O)(=O)c1c(CNC2CC2)n[nH]c1C. The van der Waals surface area contributed by atoms with E-state index in [1.807, 2.05) is 20.8 Å². The highest BCUT2D eigenvalue weighted by atomic mass is 32.2. The molecule has 7 heteroatoms. The number of rotatable bonds is 7. The summed E-state index contributed by atoms with van der Waals surface area (Å²) in [6, 6.07) is 0.457. The number of aromatic nitrogens is 2. The molecule has 0 aliphatic heterocycles. The summed E-state index contributed by atoms with van der Waals surface area (Å²) in [4.78, 5) is 0.334. The fourth-order valence-corrected chi connectivity index (χ4v) is 4.37. The predicted octanol–water partition coefficient (Wildman–Crippen LogP) is 1.39. The Bertz CT molecular complexity index is 561. The normalized spacial score (nSPS) is 16.3. The molecular weight excluding hydrogens is 276 g/mol. The fraction of sp³-hybridized carbons (Fsp3) is 0.769. The highest BCUT2D eigenvalue weighted by molar-refractivity contribution is 7.89. The molecule has 0 bridgehead atoms. The lowest BCUT2D eigenvalue weighted by molar-refractivity contribution is 0.368. The first-order chi connectivity index (χ1) is 9.37. The van der Waals surface area contributed by atoms with Crippen LogP contribution < -0.4 is 5.32 Å². The summed E-state index contributed by atoms with van der Waals surface area (Å²) >= 11 is 0. The molecule has 1 aromatic rings. The van der Waals surface area contributed by atoms with Gasteiger partial charge in [0.25, 0.3) is 0 Å². The fourth-order valence-electron chi connectivity index (χ4n) is 2.39. The summed E-state index contributed by atoms with van der Waals surface area (Å²) in [5, 5.41) is 10.3. The molecule has 1 fully saturated rings. The second kappa shape index (κ2) is 5.83. The second-order valence-electron chi connectivity index (χ2n) is 5.58. The molecule has 0 atom stereocenters. The highest BCUT2D eigenvalue weighted by Gasteiger charge is 2.32. The predicted molar refractivity (Wildman–Crippen MR) is 77.9 cm³/mol. The quantitative estimate of drug-likeness (QED) is 0.797. The largest absolute Gasteiger partial charge is 0.308 e.